The van der Waals surface area contributed by atoms with E-state index in [2.05, 4.69) is 11.5 Å². The SMILES string of the molecule is CCn1c(-c2cc(OC)ccc2N)nc2ccc(Cl)cc21. The van der Waals surface area contributed by atoms with Gasteiger partial charge in [-0.2, -0.15) is 0 Å². The molecule has 2 aromatic carbocycles. The van der Waals surface area contributed by atoms with Gasteiger partial charge in [-0.15, -0.1) is 0 Å². The molecule has 0 fully saturated rings. The maximum absolute atomic E-state index is 6.12. The van der Waals surface area contributed by atoms with Crippen LogP contribution >= 0.6 is 11.6 Å². The number of benzene rings is 2. The number of aromatic nitrogens is 2. The highest BCUT2D eigenvalue weighted by molar-refractivity contribution is 6.31. The van der Waals surface area contributed by atoms with E-state index in [1.165, 1.54) is 0 Å². The fourth-order valence-corrected chi connectivity index (χ4v) is 2.64. The molecule has 0 aliphatic carbocycles. The smallest absolute Gasteiger partial charge is 0.143 e. The molecule has 1 aromatic heterocycles. The van der Waals surface area contributed by atoms with Gasteiger partial charge >= 0.3 is 0 Å². The van der Waals surface area contributed by atoms with Gasteiger partial charge in [-0.1, -0.05) is 11.6 Å². The van der Waals surface area contributed by atoms with Crippen molar-refractivity contribution in [3.63, 3.8) is 0 Å². The van der Waals surface area contributed by atoms with Crippen LogP contribution in [0.15, 0.2) is 36.4 Å². The predicted molar refractivity (Wildman–Crippen MR) is 86.8 cm³/mol. The molecule has 4 nitrogen and oxygen atoms in total. The van der Waals surface area contributed by atoms with Crippen LogP contribution in [0.3, 0.4) is 0 Å². The molecular formula is C16H16ClN3O. The van der Waals surface area contributed by atoms with E-state index >= 15 is 0 Å². The average Bonchev–Trinajstić information content (AvgIpc) is 2.85. The summed E-state index contributed by atoms with van der Waals surface area (Å²) < 4.78 is 7.39. The Morgan fingerprint density at radius 3 is 2.76 bits per heavy atom. The van der Waals surface area contributed by atoms with E-state index in [1.807, 2.05) is 36.4 Å². The number of nitrogens with two attached hydrogens (primary N) is 1. The molecule has 0 aliphatic heterocycles. The molecule has 3 rings (SSSR count). The molecule has 0 aliphatic rings. The van der Waals surface area contributed by atoms with Crippen LogP contribution in [0.4, 0.5) is 5.69 Å². The average molecular weight is 302 g/mol. The highest BCUT2D eigenvalue weighted by atomic mass is 35.5. The number of methoxy groups -OCH3 is 1. The quantitative estimate of drug-likeness (QED) is 0.745. The molecule has 0 amide bonds. The van der Waals surface area contributed by atoms with E-state index in [0.29, 0.717) is 10.7 Å². The second-order valence-electron chi connectivity index (χ2n) is 4.77. The van der Waals surface area contributed by atoms with Crippen LogP contribution in [0.2, 0.25) is 5.02 Å². The van der Waals surface area contributed by atoms with Gasteiger partial charge in [0.25, 0.3) is 0 Å². The first-order valence-corrected chi connectivity index (χ1v) is 7.11. The summed E-state index contributed by atoms with van der Waals surface area (Å²) in [4.78, 5) is 4.70. The summed E-state index contributed by atoms with van der Waals surface area (Å²) in [6.07, 6.45) is 0. The van der Waals surface area contributed by atoms with Gasteiger partial charge < -0.3 is 15.0 Å². The van der Waals surface area contributed by atoms with Gasteiger partial charge in [0.1, 0.15) is 11.6 Å². The van der Waals surface area contributed by atoms with Gasteiger partial charge in [0.15, 0.2) is 0 Å². The highest BCUT2D eigenvalue weighted by Crippen LogP contribution is 2.32. The largest absolute Gasteiger partial charge is 0.497 e. The Labute approximate surface area is 128 Å². The first kappa shape index (κ1) is 13.8. The van der Waals surface area contributed by atoms with Crippen molar-refractivity contribution in [1.29, 1.82) is 0 Å². The van der Waals surface area contributed by atoms with Crippen LogP contribution in [0.5, 0.6) is 5.75 Å². The molecule has 2 N–H and O–H groups in total. The molecule has 0 saturated heterocycles. The third-order valence-corrected chi connectivity index (χ3v) is 3.76. The lowest BCUT2D eigenvalue weighted by molar-refractivity contribution is 0.415. The zero-order valence-corrected chi connectivity index (χ0v) is 12.7. The Balaban J connectivity index is 2.29. The lowest BCUT2D eigenvalue weighted by Gasteiger charge is -2.10. The van der Waals surface area contributed by atoms with Crippen molar-refractivity contribution in [1.82, 2.24) is 9.55 Å². The summed E-state index contributed by atoms with van der Waals surface area (Å²) in [7, 11) is 1.64. The minimum atomic E-state index is 0.673. The van der Waals surface area contributed by atoms with Gasteiger partial charge in [0.05, 0.1) is 18.1 Å². The highest BCUT2D eigenvalue weighted by Gasteiger charge is 2.15. The van der Waals surface area contributed by atoms with Gasteiger partial charge in [-0.3, -0.25) is 0 Å². The number of rotatable bonds is 3. The molecule has 5 heteroatoms. The first-order valence-electron chi connectivity index (χ1n) is 6.73. The molecule has 108 valence electrons. The Hall–Kier alpha value is -2.20. The van der Waals surface area contributed by atoms with Crippen molar-refractivity contribution < 1.29 is 4.74 Å². The summed E-state index contributed by atoms with van der Waals surface area (Å²) in [5.41, 5.74) is 9.56. The van der Waals surface area contributed by atoms with Crippen molar-refractivity contribution >= 4 is 28.3 Å². The minimum absolute atomic E-state index is 0.673. The Morgan fingerprint density at radius 1 is 1.24 bits per heavy atom. The number of imidazole rings is 1. The molecule has 0 spiro atoms. The summed E-state index contributed by atoms with van der Waals surface area (Å²) in [6.45, 7) is 2.85. The number of nitrogen functional groups attached to an aromatic ring is 1. The summed E-state index contributed by atoms with van der Waals surface area (Å²) >= 11 is 6.10. The third kappa shape index (κ3) is 2.32. The molecule has 0 saturated carbocycles. The van der Waals surface area contributed by atoms with E-state index in [1.54, 1.807) is 7.11 Å². The monoisotopic (exact) mass is 301 g/mol. The van der Waals surface area contributed by atoms with Crippen LogP contribution in [-0.2, 0) is 6.54 Å². The van der Waals surface area contributed by atoms with Gasteiger partial charge in [0, 0.05) is 22.8 Å². The molecule has 0 unspecified atom stereocenters. The molecule has 0 radical (unpaired) electrons. The Bertz CT molecular complexity index is 811. The van der Waals surface area contributed by atoms with Crippen molar-refractivity contribution in [2.24, 2.45) is 0 Å². The normalized spacial score (nSPS) is 11.0. The number of hydrogen-bond donors (Lipinski definition) is 1. The fraction of sp³-hybridized carbons (Fsp3) is 0.188. The van der Waals surface area contributed by atoms with Crippen LogP contribution in [0.1, 0.15) is 6.92 Å². The third-order valence-electron chi connectivity index (χ3n) is 3.53. The second-order valence-corrected chi connectivity index (χ2v) is 5.20. The topological polar surface area (TPSA) is 53.1 Å². The zero-order valence-electron chi connectivity index (χ0n) is 11.9. The van der Waals surface area contributed by atoms with E-state index in [0.717, 1.165) is 34.7 Å². The van der Waals surface area contributed by atoms with Gasteiger partial charge in [0.2, 0.25) is 0 Å². The van der Waals surface area contributed by atoms with Crippen molar-refractivity contribution in [2.75, 3.05) is 12.8 Å². The molecule has 0 bridgehead atoms. The number of fused-ring (bicyclic) bond motifs is 1. The first-order chi connectivity index (χ1) is 10.1. The van der Waals surface area contributed by atoms with Crippen molar-refractivity contribution in [2.45, 2.75) is 13.5 Å². The number of nitrogens with zero attached hydrogens (tertiary/aromatic N) is 2. The maximum Gasteiger partial charge on any atom is 0.143 e. The van der Waals surface area contributed by atoms with E-state index in [9.17, 15) is 0 Å². The second kappa shape index (κ2) is 5.30. The molecule has 1 heterocycles. The Kier molecular flexibility index (Phi) is 3.47. The maximum atomic E-state index is 6.12. The van der Waals surface area contributed by atoms with Crippen LogP contribution in [0.25, 0.3) is 22.4 Å². The van der Waals surface area contributed by atoms with E-state index in [4.69, 9.17) is 27.1 Å². The van der Waals surface area contributed by atoms with Crippen molar-refractivity contribution in [3.05, 3.63) is 41.4 Å². The molecule has 3 aromatic rings. The van der Waals surface area contributed by atoms with Crippen LogP contribution in [0, 0.1) is 0 Å². The number of ether oxygens (including phenoxy) is 1. The number of halogens is 1. The lowest BCUT2D eigenvalue weighted by atomic mass is 10.1. The summed E-state index contributed by atoms with van der Waals surface area (Å²) in [6, 6.07) is 11.3. The Morgan fingerprint density at radius 2 is 2.05 bits per heavy atom. The molecular weight excluding hydrogens is 286 g/mol. The molecule has 0 atom stereocenters. The standard InChI is InChI=1S/C16H16ClN3O/c1-3-20-15-8-10(17)4-7-14(15)19-16(20)12-9-11(21-2)5-6-13(12)18/h4-9H,3,18H2,1-2H3. The molecule has 21 heavy (non-hydrogen) atoms. The number of aryl methyl sites for hydroxylation is 1. The van der Waals surface area contributed by atoms with Gasteiger partial charge in [-0.25, -0.2) is 4.98 Å². The van der Waals surface area contributed by atoms with Gasteiger partial charge in [-0.05, 0) is 43.3 Å². The lowest BCUT2D eigenvalue weighted by Crippen LogP contribution is -2.00. The summed E-state index contributed by atoms with van der Waals surface area (Å²) in [5, 5.41) is 0.697. The minimum Gasteiger partial charge on any atom is -0.497 e. The van der Waals surface area contributed by atoms with E-state index < -0.39 is 0 Å². The fourth-order valence-electron chi connectivity index (χ4n) is 2.48. The number of hydrogen-bond acceptors (Lipinski definition) is 3. The van der Waals surface area contributed by atoms with Crippen LogP contribution in [-0.4, -0.2) is 16.7 Å². The van der Waals surface area contributed by atoms with Crippen molar-refractivity contribution in [3.8, 4) is 17.1 Å². The van der Waals surface area contributed by atoms with Crippen LogP contribution < -0.4 is 10.5 Å². The summed E-state index contributed by atoms with van der Waals surface area (Å²) in [5.74, 6) is 1.58. The zero-order chi connectivity index (χ0) is 15.0. The predicted octanol–water partition coefficient (Wildman–Crippen LogP) is 3.97. The number of anilines is 1. The van der Waals surface area contributed by atoms with E-state index in [-0.39, 0.29) is 0 Å².